The number of ether oxygens (including phenoxy) is 1. The molecule has 20 heavy (non-hydrogen) atoms. The van der Waals surface area contributed by atoms with Crippen molar-refractivity contribution < 1.29 is 14.3 Å². The second-order valence-electron chi connectivity index (χ2n) is 7.43. The fourth-order valence-corrected chi connectivity index (χ4v) is 1.80. The predicted octanol–water partition coefficient (Wildman–Crippen LogP) is 3.93. The first-order chi connectivity index (χ1) is 8.89. The van der Waals surface area contributed by atoms with E-state index in [1.807, 2.05) is 55.4 Å². The van der Waals surface area contributed by atoms with E-state index in [0.717, 1.165) is 6.42 Å². The Bertz CT molecular complexity index is 340. The molecule has 1 atom stereocenters. The Morgan fingerprint density at radius 2 is 1.60 bits per heavy atom. The van der Waals surface area contributed by atoms with Gasteiger partial charge >= 0.3 is 6.09 Å². The van der Waals surface area contributed by atoms with Gasteiger partial charge in [0, 0.05) is 5.41 Å². The third kappa shape index (κ3) is 6.92. The fourth-order valence-electron chi connectivity index (χ4n) is 1.80. The van der Waals surface area contributed by atoms with Crippen LogP contribution < -0.4 is 5.32 Å². The van der Waals surface area contributed by atoms with Gasteiger partial charge in [0.25, 0.3) is 0 Å². The largest absolute Gasteiger partial charge is 0.444 e. The van der Waals surface area contributed by atoms with Crippen molar-refractivity contribution in [2.45, 2.75) is 79.9 Å². The fraction of sp³-hybridized carbons (Fsp3) is 0.875. The molecule has 0 saturated heterocycles. The van der Waals surface area contributed by atoms with Gasteiger partial charge in [-0.2, -0.15) is 0 Å². The minimum Gasteiger partial charge on any atom is -0.444 e. The molecule has 0 radical (unpaired) electrons. The van der Waals surface area contributed by atoms with Crippen LogP contribution in [0.4, 0.5) is 4.79 Å². The van der Waals surface area contributed by atoms with Crippen LogP contribution in [-0.4, -0.2) is 23.5 Å². The molecular weight excluding hydrogens is 254 g/mol. The molecule has 118 valence electrons. The van der Waals surface area contributed by atoms with Crippen molar-refractivity contribution in [1.82, 2.24) is 5.32 Å². The van der Waals surface area contributed by atoms with Crippen molar-refractivity contribution in [1.29, 1.82) is 0 Å². The van der Waals surface area contributed by atoms with Crippen molar-refractivity contribution in [3.05, 3.63) is 0 Å². The number of amides is 1. The smallest absolute Gasteiger partial charge is 0.408 e. The van der Waals surface area contributed by atoms with Gasteiger partial charge in [-0.15, -0.1) is 0 Å². The second kappa shape index (κ2) is 7.09. The highest BCUT2D eigenvalue weighted by molar-refractivity contribution is 5.91. The van der Waals surface area contributed by atoms with E-state index in [1.165, 1.54) is 0 Å². The molecule has 0 aromatic rings. The van der Waals surface area contributed by atoms with E-state index < -0.39 is 23.2 Å². The zero-order valence-electron chi connectivity index (χ0n) is 14.3. The van der Waals surface area contributed by atoms with Crippen LogP contribution in [0, 0.1) is 11.3 Å². The molecule has 0 saturated carbocycles. The van der Waals surface area contributed by atoms with Crippen LogP contribution in [0.5, 0.6) is 0 Å². The first-order valence-corrected chi connectivity index (χ1v) is 7.43. The summed E-state index contributed by atoms with van der Waals surface area (Å²) in [6.07, 6.45) is 0.848. The molecule has 0 aliphatic carbocycles. The number of carbonyl (C=O) groups excluding carboxylic acids is 2. The number of rotatable bonds is 6. The van der Waals surface area contributed by atoms with E-state index in [2.05, 4.69) is 5.32 Å². The molecule has 4 heteroatoms. The number of ketones is 1. The van der Waals surface area contributed by atoms with Crippen LogP contribution in [0.2, 0.25) is 0 Å². The number of alkyl carbamates (subject to hydrolysis) is 1. The Morgan fingerprint density at radius 1 is 1.10 bits per heavy atom. The summed E-state index contributed by atoms with van der Waals surface area (Å²) < 4.78 is 5.24. The Hall–Kier alpha value is -1.06. The molecular formula is C16H31NO3. The van der Waals surface area contributed by atoms with Crippen LogP contribution in [-0.2, 0) is 9.53 Å². The lowest BCUT2D eigenvalue weighted by atomic mass is 9.80. The van der Waals surface area contributed by atoms with Crippen molar-refractivity contribution in [3.63, 3.8) is 0 Å². The molecule has 0 spiro atoms. The number of hydrogen-bond acceptors (Lipinski definition) is 3. The van der Waals surface area contributed by atoms with Gasteiger partial charge in [-0.1, -0.05) is 34.6 Å². The van der Waals surface area contributed by atoms with Gasteiger partial charge < -0.3 is 10.1 Å². The van der Waals surface area contributed by atoms with Gasteiger partial charge in [-0.3, -0.25) is 4.79 Å². The Balaban J connectivity index is 4.91. The molecule has 0 bridgehead atoms. The Morgan fingerprint density at radius 3 is 1.95 bits per heavy atom. The summed E-state index contributed by atoms with van der Waals surface area (Å²) >= 11 is 0. The van der Waals surface area contributed by atoms with E-state index in [0.29, 0.717) is 12.3 Å². The predicted molar refractivity (Wildman–Crippen MR) is 81.7 cm³/mol. The molecule has 0 aliphatic heterocycles. The summed E-state index contributed by atoms with van der Waals surface area (Å²) in [4.78, 5) is 24.4. The molecule has 0 rings (SSSR count). The monoisotopic (exact) mass is 285 g/mol. The number of carbonyl (C=O) groups is 2. The van der Waals surface area contributed by atoms with Crippen LogP contribution in [0.1, 0.15) is 68.2 Å². The number of nitrogens with one attached hydrogen (secondary N) is 1. The zero-order valence-corrected chi connectivity index (χ0v) is 14.3. The van der Waals surface area contributed by atoms with Crippen LogP contribution in [0.15, 0.2) is 0 Å². The lowest BCUT2D eigenvalue weighted by molar-refractivity contribution is -0.129. The second-order valence-corrected chi connectivity index (χ2v) is 7.43. The molecule has 0 aliphatic rings. The quantitative estimate of drug-likeness (QED) is 0.804. The summed E-state index contributed by atoms with van der Waals surface area (Å²) in [5.41, 5.74) is -0.996. The lowest BCUT2D eigenvalue weighted by Gasteiger charge is -2.29. The molecule has 4 nitrogen and oxygen atoms in total. The topological polar surface area (TPSA) is 55.4 Å². The normalized spacial score (nSPS) is 14.1. The first kappa shape index (κ1) is 18.9. The highest BCUT2D eigenvalue weighted by Crippen LogP contribution is 2.25. The van der Waals surface area contributed by atoms with E-state index >= 15 is 0 Å². The number of hydrogen-bond donors (Lipinski definition) is 1. The molecule has 0 fully saturated rings. The lowest BCUT2D eigenvalue weighted by Crippen LogP contribution is -2.48. The van der Waals surface area contributed by atoms with Crippen molar-refractivity contribution >= 4 is 11.9 Å². The van der Waals surface area contributed by atoms with E-state index in [1.54, 1.807) is 0 Å². The third-order valence-electron chi connectivity index (χ3n) is 3.27. The molecule has 1 N–H and O–H groups in total. The summed E-state index contributed by atoms with van der Waals surface area (Å²) in [6, 6.07) is -0.486. The van der Waals surface area contributed by atoms with Gasteiger partial charge in [0.2, 0.25) is 0 Å². The van der Waals surface area contributed by atoms with E-state index in [9.17, 15) is 9.59 Å². The van der Waals surface area contributed by atoms with E-state index in [4.69, 9.17) is 4.74 Å². The van der Waals surface area contributed by atoms with E-state index in [-0.39, 0.29) is 5.78 Å². The average molecular weight is 285 g/mol. The summed E-state index contributed by atoms with van der Waals surface area (Å²) in [5, 5.41) is 2.73. The van der Waals surface area contributed by atoms with Crippen molar-refractivity contribution in [2.24, 2.45) is 11.3 Å². The first-order valence-electron chi connectivity index (χ1n) is 7.43. The highest BCUT2D eigenvalue weighted by Gasteiger charge is 2.34. The standard InChI is InChI=1S/C16H31NO3/c1-9-16(7,8)13(18)12(10-11(2)3)17-14(19)20-15(4,5)6/h11-12H,9-10H2,1-8H3,(H,17,19). The summed E-state index contributed by atoms with van der Waals surface area (Å²) in [5.74, 6) is 0.395. The van der Waals surface area contributed by atoms with Crippen LogP contribution >= 0.6 is 0 Å². The Labute approximate surface area is 123 Å². The van der Waals surface area contributed by atoms with Crippen molar-refractivity contribution in [3.8, 4) is 0 Å². The minimum atomic E-state index is -0.560. The molecule has 0 heterocycles. The Kier molecular flexibility index (Phi) is 6.72. The molecule has 0 aromatic carbocycles. The van der Waals surface area contributed by atoms with Gasteiger partial charge in [0.15, 0.2) is 5.78 Å². The van der Waals surface area contributed by atoms with Crippen molar-refractivity contribution in [2.75, 3.05) is 0 Å². The summed E-state index contributed by atoms with van der Waals surface area (Å²) in [6.45, 7) is 15.3. The molecule has 1 unspecified atom stereocenters. The van der Waals surface area contributed by atoms with Crippen LogP contribution in [0.3, 0.4) is 0 Å². The van der Waals surface area contributed by atoms with Gasteiger partial charge in [0.1, 0.15) is 5.60 Å². The maximum absolute atomic E-state index is 12.6. The van der Waals surface area contributed by atoms with Gasteiger partial charge in [-0.05, 0) is 39.5 Å². The molecule has 0 aromatic heterocycles. The SMILES string of the molecule is CCC(C)(C)C(=O)C(CC(C)C)NC(=O)OC(C)(C)C. The average Bonchev–Trinajstić information content (AvgIpc) is 2.23. The highest BCUT2D eigenvalue weighted by atomic mass is 16.6. The van der Waals surface area contributed by atoms with Crippen LogP contribution in [0.25, 0.3) is 0 Å². The third-order valence-corrected chi connectivity index (χ3v) is 3.27. The maximum atomic E-state index is 12.6. The zero-order chi connectivity index (χ0) is 16.1. The summed E-state index contributed by atoms with van der Waals surface area (Å²) in [7, 11) is 0. The molecule has 1 amide bonds. The minimum absolute atomic E-state index is 0.0690. The maximum Gasteiger partial charge on any atom is 0.408 e. The number of Topliss-reactive ketones (excluding diaryl/α,β-unsaturated/α-hetero) is 1. The van der Waals surface area contributed by atoms with Gasteiger partial charge in [-0.25, -0.2) is 4.79 Å². The van der Waals surface area contributed by atoms with Gasteiger partial charge in [0.05, 0.1) is 6.04 Å².